The summed E-state index contributed by atoms with van der Waals surface area (Å²) in [5, 5.41) is 12.4. The van der Waals surface area contributed by atoms with Gasteiger partial charge in [-0.2, -0.15) is 5.10 Å². The fourth-order valence-corrected chi connectivity index (χ4v) is 4.67. The van der Waals surface area contributed by atoms with Gasteiger partial charge < -0.3 is 10.1 Å². The number of nitrogens with zero attached hydrogens (tertiary/aromatic N) is 2. The Morgan fingerprint density at radius 2 is 1.97 bits per heavy atom. The van der Waals surface area contributed by atoms with E-state index in [0.29, 0.717) is 28.7 Å². The van der Waals surface area contributed by atoms with E-state index in [2.05, 4.69) is 40.7 Å². The Morgan fingerprint density at radius 3 is 2.85 bits per heavy atom. The molecule has 0 fully saturated rings. The number of hydrogen-bond acceptors (Lipinski definition) is 4. The molecule has 0 aliphatic heterocycles. The largest absolute Gasteiger partial charge is 0.489 e. The summed E-state index contributed by atoms with van der Waals surface area (Å²) >= 11 is 7.45. The Bertz CT molecular complexity index is 1470. The second kappa shape index (κ2) is 9.71. The highest BCUT2D eigenvalue weighted by atomic mass is 35.5. The monoisotopic (exact) mass is 487 g/mol. The standard InChI is InChI=1S/C27H22ClN3O2S/c1-18-11-23(9-10-25(18)28)33-16-19-12-26(34-17-19)27(32)30-22-13-29-31(15-22)14-21-7-4-6-20-5-2-3-8-24(20)21/h2-13,15,17H,14,16H2,1H3,(H,30,32). The number of aryl methyl sites for hydroxylation is 1. The Morgan fingerprint density at radius 1 is 1.12 bits per heavy atom. The molecule has 0 saturated heterocycles. The van der Waals surface area contributed by atoms with Crippen LogP contribution in [0.15, 0.2) is 84.5 Å². The molecule has 0 radical (unpaired) electrons. The molecule has 0 atom stereocenters. The van der Waals surface area contributed by atoms with Crippen LogP contribution < -0.4 is 10.1 Å². The van der Waals surface area contributed by atoms with Crippen LogP contribution >= 0.6 is 22.9 Å². The van der Waals surface area contributed by atoms with E-state index in [1.807, 2.05) is 59.6 Å². The Hall–Kier alpha value is -3.61. The van der Waals surface area contributed by atoms with E-state index < -0.39 is 0 Å². The van der Waals surface area contributed by atoms with Gasteiger partial charge in [-0.3, -0.25) is 9.48 Å². The van der Waals surface area contributed by atoms with E-state index in [9.17, 15) is 4.79 Å². The van der Waals surface area contributed by atoms with Crippen molar-refractivity contribution in [2.75, 3.05) is 5.32 Å². The van der Waals surface area contributed by atoms with Gasteiger partial charge in [-0.15, -0.1) is 11.3 Å². The van der Waals surface area contributed by atoms with Crippen molar-refractivity contribution in [1.29, 1.82) is 0 Å². The van der Waals surface area contributed by atoms with Crippen LogP contribution in [0.3, 0.4) is 0 Å². The van der Waals surface area contributed by atoms with Crippen LogP contribution in [0, 0.1) is 6.92 Å². The zero-order chi connectivity index (χ0) is 23.5. The fourth-order valence-electron chi connectivity index (χ4n) is 3.76. The highest BCUT2D eigenvalue weighted by Gasteiger charge is 2.12. The lowest BCUT2D eigenvalue weighted by Gasteiger charge is -2.06. The number of nitrogens with one attached hydrogen (secondary N) is 1. The van der Waals surface area contributed by atoms with Crippen LogP contribution in [-0.2, 0) is 13.2 Å². The zero-order valence-corrected chi connectivity index (χ0v) is 20.1. The predicted octanol–water partition coefficient (Wildman–Crippen LogP) is 6.94. The first-order valence-electron chi connectivity index (χ1n) is 10.8. The summed E-state index contributed by atoms with van der Waals surface area (Å²) in [6.45, 7) is 2.95. The quantitative estimate of drug-likeness (QED) is 0.270. The number of anilines is 1. The first kappa shape index (κ1) is 22.2. The van der Waals surface area contributed by atoms with Crippen LogP contribution in [0.2, 0.25) is 5.02 Å². The van der Waals surface area contributed by atoms with E-state index >= 15 is 0 Å². The van der Waals surface area contributed by atoms with Gasteiger partial charge in [0.15, 0.2) is 0 Å². The molecule has 7 heteroatoms. The summed E-state index contributed by atoms with van der Waals surface area (Å²) in [5.74, 6) is 0.584. The number of fused-ring (bicyclic) bond motifs is 1. The first-order chi connectivity index (χ1) is 16.5. The normalized spacial score (nSPS) is 11.0. The molecular formula is C27H22ClN3O2S. The average molecular weight is 488 g/mol. The number of halogens is 1. The molecule has 170 valence electrons. The maximum atomic E-state index is 12.7. The van der Waals surface area contributed by atoms with Crippen molar-refractivity contribution >= 4 is 45.3 Å². The van der Waals surface area contributed by atoms with Crippen molar-refractivity contribution in [1.82, 2.24) is 9.78 Å². The number of thiophene rings is 1. The van der Waals surface area contributed by atoms with Gasteiger partial charge in [0.05, 0.1) is 23.3 Å². The van der Waals surface area contributed by atoms with Gasteiger partial charge >= 0.3 is 0 Å². The molecule has 0 saturated carbocycles. The van der Waals surface area contributed by atoms with Crippen LogP contribution in [0.1, 0.15) is 26.4 Å². The van der Waals surface area contributed by atoms with Crippen LogP contribution in [0.4, 0.5) is 5.69 Å². The van der Waals surface area contributed by atoms with Gasteiger partial charge in [0, 0.05) is 16.8 Å². The summed E-state index contributed by atoms with van der Waals surface area (Å²) in [6, 6.07) is 22.0. The number of carbonyl (C=O) groups excluding carboxylic acids is 1. The number of carbonyl (C=O) groups is 1. The van der Waals surface area contributed by atoms with Gasteiger partial charge in [-0.25, -0.2) is 0 Å². The second-order valence-electron chi connectivity index (χ2n) is 8.04. The molecule has 0 bridgehead atoms. The average Bonchev–Trinajstić information content (AvgIpc) is 3.50. The highest BCUT2D eigenvalue weighted by molar-refractivity contribution is 7.12. The molecule has 0 aliphatic carbocycles. The topological polar surface area (TPSA) is 56.1 Å². The molecule has 0 unspecified atom stereocenters. The van der Waals surface area contributed by atoms with Gasteiger partial charge in [-0.05, 0) is 58.5 Å². The lowest BCUT2D eigenvalue weighted by molar-refractivity contribution is 0.103. The van der Waals surface area contributed by atoms with Crippen LogP contribution in [0.25, 0.3) is 10.8 Å². The summed E-state index contributed by atoms with van der Waals surface area (Å²) in [6.07, 6.45) is 3.52. The summed E-state index contributed by atoms with van der Waals surface area (Å²) in [4.78, 5) is 13.4. The first-order valence-corrected chi connectivity index (χ1v) is 12.1. The minimum atomic E-state index is -0.164. The third-order valence-corrected chi connectivity index (χ3v) is 6.92. The number of rotatable bonds is 7. The van der Waals surface area contributed by atoms with Crippen molar-refractivity contribution < 1.29 is 9.53 Å². The molecule has 34 heavy (non-hydrogen) atoms. The SMILES string of the molecule is Cc1cc(OCc2csc(C(=O)Nc3cnn(Cc4cccc5ccccc45)c3)c2)ccc1Cl. The molecular weight excluding hydrogens is 466 g/mol. The maximum Gasteiger partial charge on any atom is 0.265 e. The van der Waals surface area contributed by atoms with Gasteiger partial charge in [0.1, 0.15) is 12.4 Å². The van der Waals surface area contributed by atoms with E-state index in [0.717, 1.165) is 16.9 Å². The van der Waals surface area contributed by atoms with Crippen molar-refractivity contribution in [3.05, 3.63) is 111 Å². The highest BCUT2D eigenvalue weighted by Crippen LogP contribution is 2.24. The molecule has 0 spiro atoms. The lowest BCUT2D eigenvalue weighted by atomic mass is 10.0. The minimum absolute atomic E-state index is 0.164. The summed E-state index contributed by atoms with van der Waals surface area (Å²) in [7, 11) is 0. The Kier molecular flexibility index (Phi) is 6.34. The summed E-state index contributed by atoms with van der Waals surface area (Å²) < 4.78 is 7.67. The van der Waals surface area contributed by atoms with Crippen molar-refractivity contribution in [3.63, 3.8) is 0 Å². The Labute approximate surface area is 206 Å². The minimum Gasteiger partial charge on any atom is -0.489 e. The van der Waals surface area contributed by atoms with Gasteiger partial charge in [0.25, 0.3) is 5.91 Å². The predicted molar refractivity (Wildman–Crippen MR) is 138 cm³/mol. The molecule has 1 N–H and O–H groups in total. The Balaban J connectivity index is 1.21. The number of hydrogen-bond donors (Lipinski definition) is 1. The fraction of sp³-hybridized carbons (Fsp3) is 0.111. The smallest absolute Gasteiger partial charge is 0.265 e. The molecule has 2 heterocycles. The number of benzene rings is 3. The number of amides is 1. The van der Waals surface area contributed by atoms with Gasteiger partial charge in [-0.1, -0.05) is 54.1 Å². The van der Waals surface area contributed by atoms with Gasteiger partial charge in [0.2, 0.25) is 0 Å². The molecule has 5 rings (SSSR count). The molecule has 5 nitrogen and oxygen atoms in total. The van der Waals surface area contributed by atoms with E-state index in [1.54, 1.807) is 6.20 Å². The molecule has 1 amide bonds. The van der Waals surface area contributed by atoms with Crippen molar-refractivity contribution in [2.45, 2.75) is 20.1 Å². The molecule has 2 aromatic heterocycles. The third kappa shape index (κ3) is 4.98. The third-order valence-electron chi connectivity index (χ3n) is 5.52. The zero-order valence-electron chi connectivity index (χ0n) is 18.5. The molecule has 5 aromatic rings. The van der Waals surface area contributed by atoms with Crippen molar-refractivity contribution in [3.8, 4) is 5.75 Å². The number of aromatic nitrogens is 2. The van der Waals surface area contributed by atoms with E-state index in [4.69, 9.17) is 16.3 Å². The maximum absolute atomic E-state index is 12.7. The number of ether oxygens (including phenoxy) is 1. The molecule has 3 aromatic carbocycles. The van der Waals surface area contributed by atoms with E-state index in [1.165, 1.54) is 27.7 Å². The second-order valence-corrected chi connectivity index (χ2v) is 9.36. The van der Waals surface area contributed by atoms with Crippen LogP contribution in [0.5, 0.6) is 5.75 Å². The summed E-state index contributed by atoms with van der Waals surface area (Å²) in [5.41, 5.74) is 3.74. The van der Waals surface area contributed by atoms with Crippen LogP contribution in [-0.4, -0.2) is 15.7 Å². The lowest BCUT2D eigenvalue weighted by Crippen LogP contribution is -2.09. The van der Waals surface area contributed by atoms with Crippen molar-refractivity contribution in [2.24, 2.45) is 0 Å². The molecule has 0 aliphatic rings. The van der Waals surface area contributed by atoms with E-state index in [-0.39, 0.29) is 5.91 Å².